The Kier molecular flexibility index (Phi) is 4.84. The summed E-state index contributed by atoms with van der Waals surface area (Å²) in [4.78, 5) is 6.75. The zero-order valence-electron chi connectivity index (χ0n) is 12.4. The van der Waals surface area contributed by atoms with Gasteiger partial charge in [-0.05, 0) is 25.0 Å². The molecule has 2 rings (SSSR count). The van der Waals surface area contributed by atoms with Gasteiger partial charge in [-0.2, -0.15) is 4.98 Å². The van der Waals surface area contributed by atoms with Gasteiger partial charge in [0.25, 0.3) is 6.01 Å². The third-order valence-corrected chi connectivity index (χ3v) is 3.57. The van der Waals surface area contributed by atoms with Gasteiger partial charge in [-0.25, -0.2) is 0 Å². The van der Waals surface area contributed by atoms with E-state index in [0.717, 1.165) is 30.5 Å². The molecule has 1 aromatic heterocycles. The lowest BCUT2D eigenvalue weighted by Gasteiger charge is -2.28. The fraction of sp³-hybridized carbons (Fsp3) is 0.533. The molecule has 0 atom stereocenters. The van der Waals surface area contributed by atoms with Crippen LogP contribution in [0.4, 0.5) is 11.7 Å². The highest BCUT2D eigenvalue weighted by Crippen LogP contribution is 2.26. The Hall–Kier alpha value is -1.75. The van der Waals surface area contributed by atoms with Gasteiger partial charge in [-0.15, -0.1) is 0 Å². The van der Waals surface area contributed by atoms with Crippen molar-refractivity contribution in [3.05, 3.63) is 18.2 Å². The van der Waals surface area contributed by atoms with Crippen LogP contribution < -0.4 is 10.6 Å². The Bertz CT molecular complexity index is 549. The Morgan fingerprint density at radius 3 is 2.75 bits per heavy atom. The average Bonchev–Trinajstić information content (AvgIpc) is 2.86. The van der Waals surface area contributed by atoms with Crippen LogP contribution in [0.2, 0.25) is 0 Å². The number of nitrogens with zero attached hydrogens (tertiary/aromatic N) is 2. The van der Waals surface area contributed by atoms with Crippen LogP contribution in [0.1, 0.15) is 26.7 Å². The van der Waals surface area contributed by atoms with Crippen LogP contribution >= 0.6 is 0 Å². The van der Waals surface area contributed by atoms with E-state index in [1.165, 1.54) is 0 Å². The Balaban J connectivity index is 2.33. The van der Waals surface area contributed by atoms with Gasteiger partial charge in [-0.3, -0.25) is 0 Å². The van der Waals surface area contributed by atoms with Crippen LogP contribution in [-0.4, -0.2) is 31.3 Å². The molecule has 0 radical (unpaired) electrons. The first-order valence-corrected chi connectivity index (χ1v) is 7.11. The van der Waals surface area contributed by atoms with E-state index in [1.54, 1.807) is 7.11 Å². The second-order valence-electron chi connectivity index (χ2n) is 4.88. The summed E-state index contributed by atoms with van der Waals surface area (Å²) in [5.41, 5.74) is 8.03. The highest BCUT2D eigenvalue weighted by molar-refractivity contribution is 5.78. The summed E-state index contributed by atoms with van der Waals surface area (Å²) in [6, 6.07) is 6.59. The molecule has 1 heterocycles. The number of aromatic nitrogens is 1. The van der Waals surface area contributed by atoms with Gasteiger partial charge in [-0.1, -0.05) is 13.8 Å². The summed E-state index contributed by atoms with van der Waals surface area (Å²) >= 11 is 0. The fourth-order valence-corrected chi connectivity index (χ4v) is 2.41. The van der Waals surface area contributed by atoms with E-state index in [2.05, 4.69) is 23.7 Å². The molecule has 5 heteroatoms. The molecule has 0 unspecified atom stereocenters. The van der Waals surface area contributed by atoms with Crippen molar-refractivity contribution >= 4 is 22.8 Å². The molecule has 0 aliphatic carbocycles. The monoisotopic (exact) mass is 277 g/mol. The number of ether oxygens (including phenoxy) is 1. The van der Waals surface area contributed by atoms with E-state index in [-0.39, 0.29) is 0 Å². The number of nitrogens with two attached hydrogens (primary N) is 1. The van der Waals surface area contributed by atoms with Crippen molar-refractivity contribution in [2.24, 2.45) is 0 Å². The van der Waals surface area contributed by atoms with Crippen LogP contribution in [0.5, 0.6) is 0 Å². The first-order chi connectivity index (χ1) is 9.69. The van der Waals surface area contributed by atoms with Crippen molar-refractivity contribution < 1.29 is 9.15 Å². The van der Waals surface area contributed by atoms with Crippen LogP contribution in [-0.2, 0) is 4.74 Å². The molecule has 110 valence electrons. The van der Waals surface area contributed by atoms with E-state index in [0.29, 0.717) is 24.4 Å². The van der Waals surface area contributed by atoms with Crippen molar-refractivity contribution in [1.82, 2.24) is 4.98 Å². The number of benzene rings is 1. The van der Waals surface area contributed by atoms with Gasteiger partial charge in [0.2, 0.25) is 0 Å². The largest absolute Gasteiger partial charge is 0.423 e. The van der Waals surface area contributed by atoms with Crippen molar-refractivity contribution in [2.45, 2.75) is 32.7 Å². The fourth-order valence-electron chi connectivity index (χ4n) is 2.41. The normalized spacial score (nSPS) is 11.4. The molecule has 0 bridgehead atoms. The number of methoxy groups -OCH3 is 1. The highest BCUT2D eigenvalue weighted by Gasteiger charge is 2.20. The van der Waals surface area contributed by atoms with Gasteiger partial charge >= 0.3 is 0 Å². The van der Waals surface area contributed by atoms with Gasteiger partial charge < -0.3 is 19.8 Å². The molecule has 0 spiro atoms. The van der Waals surface area contributed by atoms with Crippen molar-refractivity contribution in [3.63, 3.8) is 0 Å². The molecule has 0 saturated heterocycles. The topological polar surface area (TPSA) is 64.5 Å². The maximum Gasteiger partial charge on any atom is 0.298 e. The molecule has 0 saturated carbocycles. The van der Waals surface area contributed by atoms with Gasteiger partial charge in [0.1, 0.15) is 5.52 Å². The number of nitrogen functional groups attached to an aromatic ring is 1. The average molecular weight is 277 g/mol. The summed E-state index contributed by atoms with van der Waals surface area (Å²) < 4.78 is 11.1. The maximum atomic E-state index is 5.87. The summed E-state index contributed by atoms with van der Waals surface area (Å²) in [6.45, 7) is 5.77. The standard InChI is InChI=1S/C15H23N3O2/c1-4-12(5-2)18(8-9-19-3)15-17-13-7-6-11(16)10-14(13)20-15/h6-7,10,12H,4-5,8-9,16H2,1-3H3. The molecule has 0 amide bonds. The number of hydrogen-bond acceptors (Lipinski definition) is 5. The van der Waals surface area contributed by atoms with Crippen molar-refractivity contribution in [1.29, 1.82) is 0 Å². The lowest BCUT2D eigenvalue weighted by molar-refractivity contribution is 0.201. The summed E-state index contributed by atoms with van der Waals surface area (Å²) in [6.07, 6.45) is 2.09. The second-order valence-corrected chi connectivity index (χ2v) is 4.88. The molecular weight excluding hydrogens is 254 g/mol. The Morgan fingerprint density at radius 1 is 1.35 bits per heavy atom. The Labute approximate surface area is 119 Å². The molecular formula is C15H23N3O2. The highest BCUT2D eigenvalue weighted by atomic mass is 16.5. The first-order valence-electron chi connectivity index (χ1n) is 7.11. The predicted molar refractivity (Wildman–Crippen MR) is 82.0 cm³/mol. The van der Waals surface area contributed by atoms with Crippen LogP contribution in [0.3, 0.4) is 0 Å². The smallest absolute Gasteiger partial charge is 0.298 e. The lowest BCUT2D eigenvalue weighted by atomic mass is 10.1. The summed E-state index contributed by atoms with van der Waals surface area (Å²) in [5.74, 6) is 0. The SMILES string of the molecule is CCC(CC)N(CCOC)c1nc2ccc(N)cc2o1. The minimum absolute atomic E-state index is 0.399. The van der Waals surface area contributed by atoms with E-state index in [1.807, 2.05) is 18.2 Å². The minimum Gasteiger partial charge on any atom is -0.423 e. The third-order valence-electron chi connectivity index (χ3n) is 3.57. The molecule has 0 aliphatic heterocycles. The van der Waals surface area contributed by atoms with Crippen LogP contribution in [0, 0.1) is 0 Å². The van der Waals surface area contributed by atoms with Crippen molar-refractivity contribution in [2.75, 3.05) is 30.9 Å². The summed E-state index contributed by atoms with van der Waals surface area (Å²) in [7, 11) is 1.71. The molecule has 2 aromatic rings. The number of fused-ring (bicyclic) bond motifs is 1. The van der Waals surface area contributed by atoms with Gasteiger partial charge in [0.05, 0.1) is 6.61 Å². The molecule has 0 fully saturated rings. The van der Waals surface area contributed by atoms with Crippen molar-refractivity contribution in [3.8, 4) is 0 Å². The molecule has 1 aromatic carbocycles. The molecule has 2 N–H and O–H groups in total. The maximum absolute atomic E-state index is 5.87. The first kappa shape index (κ1) is 14.7. The zero-order chi connectivity index (χ0) is 14.5. The summed E-state index contributed by atoms with van der Waals surface area (Å²) in [5, 5.41) is 0. The number of rotatable bonds is 7. The van der Waals surface area contributed by atoms with E-state index < -0.39 is 0 Å². The number of hydrogen-bond donors (Lipinski definition) is 1. The zero-order valence-corrected chi connectivity index (χ0v) is 12.4. The van der Waals surface area contributed by atoms with E-state index in [9.17, 15) is 0 Å². The number of oxazole rings is 1. The minimum atomic E-state index is 0.399. The van der Waals surface area contributed by atoms with E-state index >= 15 is 0 Å². The van der Waals surface area contributed by atoms with E-state index in [4.69, 9.17) is 14.9 Å². The van der Waals surface area contributed by atoms with Gasteiger partial charge in [0, 0.05) is 31.5 Å². The number of anilines is 2. The predicted octanol–water partition coefficient (Wildman–Crippen LogP) is 3.05. The molecule has 20 heavy (non-hydrogen) atoms. The van der Waals surface area contributed by atoms with Crippen LogP contribution in [0.15, 0.2) is 22.6 Å². The molecule has 0 aliphatic rings. The lowest BCUT2D eigenvalue weighted by Crippen LogP contribution is -2.37. The quantitative estimate of drug-likeness (QED) is 0.788. The van der Waals surface area contributed by atoms with Gasteiger partial charge in [0.15, 0.2) is 5.58 Å². The van der Waals surface area contributed by atoms with Crippen LogP contribution in [0.25, 0.3) is 11.1 Å². The third kappa shape index (κ3) is 3.04. The molecule has 5 nitrogen and oxygen atoms in total. The Morgan fingerprint density at radius 2 is 2.10 bits per heavy atom. The second kappa shape index (κ2) is 6.61.